The normalized spacial score (nSPS) is 15.8. The van der Waals surface area contributed by atoms with Crippen LogP contribution in [0.3, 0.4) is 0 Å². The van der Waals surface area contributed by atoms with Gasteiger partial charge in [-0.3, -0.25) is 0 Å². The first kappa shape index (κ1) is 18.2. The first-order valence-electron chi connectivity index (χ1n) is 8.39. The summed E-state index contributed by atoms with van der Waals surface area (Å²) in [7, 11) is 0. The van der Waals surface area contributed by atoms with Gasteiger partial charge in [0.15, 0.2) is 0 Å². The average molecular weight is 290 g/mol. The molecule has 0 saturated heterocycles. The molecule has 2 unspecified atom stereocenters. The van der Waals surface area contributed by atoms with Gasteiger partial charge in [-0.15, -0.1) is 0 Å². The summed E-state index contributed by atoms with van der Waals surface area (Å²) in [5.41, 5.74) is 3.41. The maximum Gasteiger partial charge on any atom is 0.0322 e. The second kappa shape index (κ2) is 6.96. The van der Waals surface area contributed by atoms with Crippen molar-refractivity contribution in [2.45, 2.75) is 73.3 Å². The van der Waals surface area contributed by atoms with Gasteiger partial charge in [0.05, 0.1) is 0 Å². The van der Waals surface area contributed by atoms with Crippen molar-refractivity contribution >= 4 is 0 Å². The lowest BCUT2D eigenvalue weighted by molar-refractivity contribution is 0.224. The molecule has 21 heavy (non-hydrogen) atoms. The van der Waals surface area contributed by atoms with E-state index in [1.807, 2.05) is 0 Å². The van der Waals surface area contributed by atoms with Gasteiger partial charge in [0.2, 0.25) is 0 Å². The van der Waals surface area contributed by atoms with E-state index in [2.05, 4.69) is 85.0 Å². The Bertz CT molecular complexity index is 417. The van der Waals surface area contributed by atoms with Crippen LogP contribution in [0.15, 0.2) is 24.3 Å². The standard InChI is InChI=1S/C20H35N/c1-9-21-18(14-15(2)19(3,4)5)16-10-12-17(13-11-16)20(6,7)8/h10-13,15,18,21H,9,14H2,1-8H3. The highest BCUT2D eigenvalue weighted by Gasteiger charge is 2.24. The Labute approximate surface area is 132 Å². The van der Waals surface area contributed by atoms with E-state index in [0.717, 1.165) is 6.54 Å². The highest BCUT2D eigenvalue weighted by Crippen LogP contribution is 2.34. The third-order valence-electron chi connectivity index (χ3n) is 4.70. The summed E-state index contributed by atoms with van der Waals surface area (Å²) in [6, 6.07) is 9.66. The molecule has 0 aromatic heterocycles. The van der Waals surface area contributed by atoms with E-state index in [1.165, 1.54) is 17.5 Å². The van der Waals surface area contributed by atoms with Crippen molar-refractivity contribution in [2.75, 3.05) is 6.54 Å². The van der Waals surface area contributed by atoms with Crippen LogP contribution in [-0.4, -0.2) is 6.54 Å². The lowest BCUT2D eigenvalue weighted by atomic mass is 9.77. The van der Waals surface area contributed by atoms with Gasteiger partial charge < -0.3 is 5.32 Å². The Kier molecular flexibility index (Phi) is 6.04. The zero-order chi connectivity index (χ0) is 16.3. The van der Waals surface area contributed by atoms with Crippen molar-refractivity contribution in [3.63, 3.8) is 0 Å². The molecule has 2 atom stereocenters. The lowest BCUT2D eigenvalue weighted by Gasteiger charge is -2.31. The molecule has 0 fully saturated rings. The summed E-state index contributed by atoms with van der Waals surface area (Å²) >= 11 is 0. The molecule has 0 aliphatic carbocycles. The minimum Gasteiger partial charge on any atom is -0.310 e. The minimum absolute atomic E-state index is 0.227. The third kappa shape index (κ3) is 5.47. The fourth-order valence-corrected chi connectivity index (χ4v) is 2.51. The van der Waals surface area contributed by atoms with Crippen LogP contribution in [-0.2, 0) is 5.41 Å². The van der Waals surface area contributed by atoms with Gasteiger partial charge in [-0.2, -0.15) is 0 Å². The van der Waals surface area contributed by atoms with E-state index in [1.54, 1.807) is 0 Å². The van der Waals surface area contributed by atoms with Crippen LogP contribution < -0.4 is 5.32 Å². The molecular formula is C20H35N. The third-order valence-corrected chi connectivity index (χ3v) is 4.70. The zero-order valence-electron chi connectivity index (χ0n) is 15.4. The van der Waals surface area contributed by atoms with Gasteiger partial charge in [-0.1, -0.05) is 79.7 Å². The van der Waals surface area contributed by atoms with Crippen molar-refractivity contribution < 1.29 is 0 Å². The van der Waals surface area contributed by atoms with Gasteiger partial charge in [0.25, 0.3) is 0 Å². The zero-order valence-corrected chi connectivity index (χ0v) is 15.4. The second-order valence-electron chi connectivity index (χ2n) is 8.49. The Morgan fingerprint density at radius 3 is 1.86 bits per heavy atom. The van der Waals surface area contributed by atoms with Crippen molar-refractivity contribution in [3.05, 3.63) is 35.4 Å². The first-order valence-corrected chi connectivity index (χ1v) is 8.39. The highest BCUT2D eigenvalue weighted by atomic mass is 14.9. The van der Waals surface area contributed by atoms with E-state index in [-0.39, 0.29) is 5.41 Å². The molecule has 0 bridgehead atoms. The van der Waals surface area contributed by atoms with Crippen molar-refractivity contribution in [1.29, 1.82) is 0 Å². The molecule has 1 aromatic carbocycles. The van der Waals surface area contributed by atoms with Crippen LogP contribution in [0.4, 0.5) is 0 Å². The Morgan fingerprint density at radius 2 is 1.48 bits per heavy atom. The molecule has 1 N–H and O–H groups in total. The van der Waals surface area contributed by atoms with Crippen LogP contribution in [0.1, 0.15) is 79.0 Å². The number of benzene rings is 1. The van der Waals surface area contributed by atoms with Gasteiger partial charge >= 0.3 is 0 Å². The Balaban J connectivity index is 2.91. The molecule has 0 aliphatic heterocycles. The van der Waals surface area contributed by atoms with Crippen LogP contribution in [0.25, 0.3) is 0 Å². The maximum atomic E-state index is 3.66. The van der Waals surface area contributed by atoms with Gasteiger partial charge in [-0.05, 0) is 40.8 Å². The maximum absolute atomic E-state index is 3.66. The van der Waals surface area contributed by atoms with E-state index >= 15 is 0 Å². The summed E-state index contributed by atoms with van der Waals surface area (Å²) in [5, 5.41) is 3.66. The predicted octanol–water partition coefficient (Wildman–Crippen LogP) is 5.71. The molecular weight excluding hydrogens is 254 g/mol. The van der Waals surface area contributed by atoms with E-state index in [4.69, 9.17) is 0 Å². The molecule has 0 aliphatic rings. The predicted molar refractivity (Wildman–Crippen MR) is 94.8 cm³/mol. The van der Waals surface area contributed by atoms with E-state index < -0.39 is 0 Å². The Morgan fingerprint density at radius 1 is 0.952 bits per heavy atom. The highest BCUT2D eigenvalue weighted by molar-refractivity contribution is 5.29. The SMILES string of the molecule is CCNC(CC(C)C(C)(C)C)c1ccc(C(C)(C)C)cc1. The smallest absolute Gasteiger partial charge is 0.0322 e. The minimum atomic E-state index is 0.227. The molecule has 1 rings (SSSR count). The number of hydrogen-bond donors (Lipinski definition) is 1. The first-order chi connectivity index (χ1) is 9.55. The summed E-state index contributed by atoms with van der Waals surface area (Å²) in [6.07, 6.45) is 1.19. The van der Waals surface area contributed by atoms with Crippen molar-refractivity contribution in [3.8, 4) is 0 Å². The molecule has 1 aromatic rings. The topological polar surface area (TPSA) is 12.0 Å². The second-order valence-corrected chi connectivity index (χ2v) is 8.49. The molecule has 0 amide bonds. The van der Waals surface area contributed by atoms with Crippen LogP contribution in [0.2, 0.25) is 0 Å². The number of rotatable bonds is 5. The average Bonchev–Trinajstić information content (AvgIpc) is 2.36. The van der Waals surface area contributed by atoms with Crippen LogP contribution in [0, 0.1) is 11.3 Å². The number of hydrogen-bond acceptors (Lipinski definition) is 1. The molecule has 0 saturated carbocycles. The van der Waals surface area contributed by atoms with Crippen molar-refractivity contribution in [1.82, 2.24) is 5.32 Å². The quantitative estimate of drug-likeness (QED) is 0.732. The molecule has 1 heteroatoms. The van der Waals surface area contributed by atoms with Crippen LogP contribution in [0.5, 0.6) is 0 Å². The molecule has 0 heterocycles. The van der Waals surface area contributed by atoms with E-state index in [9.17, 15) is 0 Å². The summed E-state index contributed by atoms with van der Waals surface area (Å²) in [5.74, 6) is 0.684. The number of nitrogens with one attached hydrogen (secondary N) is 1. The van der Waals surface area contributed by atoms with Gasteiger partial charge in [0, 0.05) is 6.04 Å². The molecule has 1 nitrogen and oxygen atoms in total. The molecule has 120 valence electrons. The summed E-state index contributed by atoms with van der Waals surface area (Å²) in [4.78, 5) is 0. The van der Waals surface area contributed by atoms with E-state index in [0.29, 0.717) is 17.4 Å². The summed E-state index contributed by atoms with van der Waals surface area (Å²) in [6.45, 7) is 19.4. The molecule has 0 radical (unpaired) electrons. The lowest BCUT2D eigenvalue weighted by Crippen LogP contribution is -2.27. The fourth-order valence-electron chi connectivity index (χ4n) is 2.51. The summed E-state index contributed by atoms with van der Waals surface area (Å²) < 4.78 is 0. The fraction of sp³-hybridized carbons (Fsp3) is 0.700. The van der Waals surface area contributed by atoms with Crippen LogP contribution >= 0.6 is 0 Å². The largest absolute Gasteiger partial charge is 0.310 e. The molecule has 0 spiro atoms. The van der Waals surface area contributed by atoms with Crippen molar-refractivity contribution in [2.24, 2.45) is 11.3 Å². The Hall–Kier alpha value is -0.820. The van der Waals surface area contributed by atoms with Gasteiger partial charge in [0.1, 0.15) is 0 Å². The van der Waals surface area contributed by atoms with Gasteiger partial charge in [-0.25, -0.2) is 0 Å². The monoisotopic (exact) mass is 289 g/mol.